The molecule has 2 rings (SSSR count). The number of nitrogens with two attached hydrogens (primary N) is 1. The molecule has 88 valence electrons. The Balaban J connectivity index is 0.00000144. The summed E-state index contributed by atoms with van der Waals surface area (Å²) in [5.74, 6) is 0. The first-order valence-electron chi connectivity index (χ1n) is 5.12. The summed E-state index contributed by atoms with van der Waals surface area (Å²) in [4.78, 5) is 0. The van der Waals surface area contributed by atoms with Crippen molar-refractivity contribution in [3.8, 4) is 0 Å². The normalized spacial score (nSPS) is 9.47. The van der Waals surface area contributed by atoms with Gasteiger partial charge >= 0.3 is 104 Å². The van der Waals surface area contributed by atoms with Crippen LogP contribution in [0.25, 0.3) is 0 Å². The number of hydrogen-bond donors (Lipinski definition) is 2. The molecule has 0 fully saturated rings. The number of benzene rings is 2. The molecule has 2 aromatic carbocycles. The summed E-state index contributed by atoms with van der Waals surface area (Å²) >= 11 is 2.59. The minimum atomic E-state index is 0. The van der Waals surface area contributed by atoms with Crippen molar-refractivity contribution in [2.75, 3.05) is 11.1 Å². The monoisotopic (exact) mass is 308 g/mol. The summed E-state index contributed by atoms with van der Waals surface area (Å²) in [6.45, 7) is 0.814. The fourth-order valence-corrected chi connectivity index (χ4v) is 2.01. The van der Waals surface area contributed by atoms with E-state index in [2.05, 4.69) is 34.3 Å². The van der Waals surface area contributed by atoms with Gasteiger partial charge in [0.15, 0.2) is 0 Å². The van der Waals surface area contributed by atoms with Gasteiger partial charge in [-0.15, -0.1) is 12.4 Å². The molecule has 2 radical (unpaired) electrons. The standard InChI is InChI=1S/C13H13AsN2.ClH/c14-13-7-2-1-4-10(13)9-16-12-6-3-5-11(15)8-12;/h1-8,16H,9,15H2;1H. The topological polar surface area (TPSA) is 38.0 Å². The van der Waals surface area contributed by atoms with Gasteiger partial charge in [-0.25, -0.2) is 0 Å². The zero-order chi connectivity index (χ0) is 11.4. The number of nitrogens with one attached hydrogen (secondary N) is 1. The Morgan fingerprint density at radius 1 is 1.06 bits per heavy atom. The fourth-order valence-electron chi connectivity index (χ4n) is 1.51. The fraction of sp³-hybridized carbons (Fsp3) is 0.0769. The van der Waals surface area contributed by atoms with Crippen LogP contribution in [0.2, 0.25) is 0 Å². The van der Waals surface area contributed by atoms with Gasteiger partial charge < -0.3 is 0 Å². The van der Waals surface area contributed by atoms with E-state index in [1.165, 1.54) is 9.91 Å². The van der Waals surface area contributed by atoms with Crippen LogP contribution in [-0.4, -0.2) is 16.9 Å². The third-order valence-corrected chi connectivity index (χ3v) is 3.28. The number of nitrogen functional groups attached to an aromatic ring is 1. The van der Waals surface area contributed by atoms with Crippen LogP contribution in [0.4, 0.5) is 11.4 Å². The van der Waals surface area contributed by atoms with Crippen LogP contribution >= 0.6 is 12.4 Å². The number of halogens is 1. The Hall–Kier alpha value is -1.11. The van der Waals surface area contributed by atoms with Crippen LogP contribution in [0, 0.1) is 0 Å². The van der Waals surface area contributed by atoms with Crippen molar-refractivity contribution in [3.63, 3.8) is 0 Å². The van der Waals surface area contributed by atoms with Crippen molar-refractivity contribution >= 4 is 45.0 Å². The molecular formula is C13H14AsClN2. The van der Waals surface area contributed by atoms with E-state index in [9.17, 15) is 0 Å². The molecular weight excluding hydrogens is 295 g/mol. The van der Waals surface area contributed by atoms with Gasteiger partial charge in [-0.05, 0) is 0 Å². The van der Waals surface area contributed by atoms with Crippen LogP contribution in [-0.2, 0) is 6.54 Å². The number of anilines is 2. The van der Waals surface area contributed by atoms with E-state index in [4.69, 9.17) is 5.73 Å². The molecule has 0 atom stereocenters. The molecule has 4 heteroatoms. The predicted molar refractivity (Wildman–Crippen MR) is 77.3 cm³/mol. The molecule has 0 aromatic heterocycles. The molecule has 3 N–H and O–H groups in total. The third-order valence-electron chi connectivity index (χ3n) is 2.36. The molecule has 2 aromatic rings. The SMILES string of the molecule is Cl.Nc1cccc(NCc2ccccc2[As])c1. The van der Waals surface area contributed by atoms with Gasteiger partial charge in [0.2, 0.25) is 0 Å². The summed E-state index contributed by atoms with van der Waals surface area (Å²) in [6.07, 6.45) is 0. The van der Waals surface area contributed by atoms with E-state index < -0.39 is 0 Å². The predicted octanol–water partition coefficient (Wildman–Crippen LogP) is 2.10. The average molecular weight is 309 g/mol. The van der Waals surface area contributed by atoms with Crippen LogP contribution in [0.3, 0.4) is 0 Å². The van der Waals surface area contributed by atoms with E-state index in [1.54, 1.807) is 0 Å². The zero-order valence-electron chi connectivity index (χ0n) is 9.26. The Morgan fingerprint density at radius 2 is 1.82 bits per heavy atom. The molecule has 0 saturated carbocycles. The van der Waals surface area contributed by atoms with Gasteiger partial charge in [0, 0.05) is 0 Å². The molecule has 2 nitrogen and oxygen atoms in total. The van der Waals surface area contributed by atoms with Crippen molar-refractivity contribution in [3.05, 3.63) is 54.1 Å². The molecule has 0 aliphatic rings. The van der Waals surface area contributed by atoms with Gasteiger partial charge in [-0.3, -0.25) is 0 Å². The third kappa shape index (κ3) is 3.99. The molecule has 0 amide bonds. The van der Waals surface area contributed by atoms with Crippen molar-refractivity contribution in [1.29, 1.82) is 0 Å². The second-order valence-corrected chi connectivity index (χ2v) is 4.62. The Bertz CT molecular complexity index is 488. The van der Waals surface area contributed by atoms with Crippen LogP contribution < -0.4 is 15.4 Å². The molecule has 17 heavy (non-hydrogen) atoms. The average Bonchev–Trinajstić information content (AvgIpc) is 2.28. The van der Waals surface area contributed by atoms with E-state index in [0.717, 1.165) is 17.9 Å². The number of hydrogen-bond acceptors (Lipinski definition) is 2. The Labute approximate surface area is 117 Å². The minimum absolute atomic E-state index is 0. The van der Waals surface area contributed by atoms with Crippen LogP contribution in [0.5, 0.6) is 0 Å². The first kappa shape index (κ1) is 14.0. The van der Waals surface area contributed by atoms with Crippen molar-refractivity contribution in [1.82, 2.24) is 0 Å². The summed E-state index contributed by atoms with van der Waals surface area (Å²) in [6, 6.07) is 16.1. The van der Waals surface area contributed by atoms with Gasteiger partial charge in [-0.1, -0.05) is 0 Å². The second-order valence-electron chi connectivity index (χ2n) is 3.61. The zero-order valence-corrected chi connectivity index (χ0v) is 12.0. The van der Waals surface area contributed by atoms with Gasteiger partial charge in [0.05, 0.1) is 0 Å². The summed E-state index contributed by atoms with van der Waals surface area (Å²) in [5, 5.41) is 3.35. The van der Waals surface area contributed by atoms with Crippen molar-refractivity contribution in [2.45, 2.75) is 6.54 Å². The van der Waals surface area contributed by atoms with Crippen molar-refractivity contribution in [2.24, 2.45) is 0 Å². The first-order valence-corrected chi connectivity index (χ1v) is 6.06. The van der Waals surface area contributed by atoms with Crippen LogP contribution in [0.15, 0.2) is 48.5 Å². The summed E-state index contributed by atoms with van der Waals surface area (Å²) in [5.41, 5.74) is 8.83. The van der Waals surface area contributed by atoms with Gasteiger partial charge in [0.1, 0.15) is 0 Å². The quantitative estimate of drug-likeness (QED) is 0.673. The van der Waals surface area contributed by atoms with Crippen molar-refractivity contribution < 1.29 is 0 Å². The van der Waals surface area contributed by atoms with E-state index >= 15 is 0 Å². The van der Waals surface area contributed by atoms with E-state index in [0.29, 0.717) is 0 Å². The first-order chi connectivity index (χ1) is 7.75. The van der Waals surface area contributed by atoms with E-state index in [-0.39, 0.29) is 12.4 Å². The molecule has 0 heterocycles. The molecule has 0 saturated heterocycles. The summed E-state index contributed by atoms with van der Waals surface area (Å²) < 4.78 is 1.24. The van der Waals surface area contributed by atoms with Gasteiger partial charge in [-0.2, -0.15) is 0 Å². The molecule has 0 spiro atoms. The Kier molecular flexibility index (Phi) is 5.40. The molecule has 0 aliphatic carbocycles. The van der Waals surface area contributed by atoms with E-state index in [1.807, 2.05) is 36.4 Å². The molecule has 0 unspecified atom stereocenters. The number of rotatable bonds is 3. The molecule has 0 bridgehead atoms. The summed E-state index contributed by atoms with van der Waals surface area (Å²) in [7, 11) is 0. The maximum absolute atomic E-state index is 5.71. The second kappa shape index (κ2) is 6.58. The maximum atomic E-state index is 5.71. The molecule has 0 aliphatic heterocycles. The Morgan fingerprint density at radius 3 is 2.53 bits per heavy atom. The van der Waals surface area contributed by atoms with Gasteiger partial charge in [0.25, 0.3) is 0 Å². The van der Waals surface area contributed by atoms with Crippen LogP contribution in [0.1, 0.15) is 5.56 Å².